The first kappa shape index (κ1) is 33.1. The summed E-state index contributed by atoms with van der Waals surface area (Å²) in [5, 5.41) is 29.1. The van der Waals surface area contributed by atoms with Gasteiger partial charge < -0.3 is 25.3 Å². The van der Waals surface area contributed by atoms with Gasteiger partial charge in [0.15, 0.2) is 5.43 Å². The Balaban J connectivity index is 1.10. The SMILES string of the molecule is Nc1ccc(N=Nc2ccc(S(=O)(=O)N3CCN(C(=O)c4ccc(-c5c6ccc(=O)cc-6oc6cc(O)ccc56)c(C(=O)O)c4)CC3)cc2)cc1. The molecule has 14 heteroatoms. The van der Waals surface area contributed by atoms with E-state index < -0.39 is 21.9 Å². The molecule has 0 saturated carbocycles. The van der Waals surface area contributed by atoms with Crippen molar-refractivity contribution in [3.8, 4) is 28.2 Å². The summed E-state index contributed by atoms with van der Waals surface area (Å²) in [6, 6.07) is 25.8. The molecule has 2 heterocycles. The molecule has 1 aliphatic carbocycles. The second-order valence-corrected chi connectivity index (χ2v) is 13.8. The van der Waals surface area contributed by atoms with E-state index in [4.69, 9.17) is 10.2 Å². The molecule has 4 N–H and O–H groups in total. The third kappa shape index (κ3) is 6.52. The van der Waals surface area contributed by atoms with E-state index in [1.165, 1.54) is 63.8 Å². The number of azo groups is 1. The molecule has 51 heavy (non-hydrogen) atoms. The van der Waals surface area contributed by atoms with E-state index in [-0.39, 0.29) is 70.3 Å². The lowest BCUT2D eigenvalue weighted by molar-refractivity contribution is 0.0696. The van der Waals surface area contributed by atoms with Crippen molar-refractivity contribution >= 4 is 49.9 Å². The van der Waals surface area contributed by atoms with Crippen molar-refractivity contribution in [1.29, 1.82) is 0 Å². The van der Waals surface area contributed by atoms with E-state index in [0.717, 1.165) is 0 Å². The van der Waals surface area contributed by atoms with Crippen LogP contribution in [0.15, 0.2) is 127 Å². The lowest BCUT2D eigenvalue weighted by atomic mass is 9.89. The van der Waals surface area contributed by atoms with Crippen LogP contribution in [0.5, 0.6) is 5.75 Å². The number of benzene rings is 5. The zero-order chi connectivity index (χ0) is 35.9. The van der Waals surface area contributed by atoms with E-state index in [2.05, 4.69) is 10.2 Å². The van der Waals surface area contributed by atoms with Gasteiger partial charge in [-0.05, 0) is 90.5 Å². The number of nitrogens with zero attached hydrogens (tertiary/aromatic N) is 4. The summed E-state index contributed by atoms with van der Waals surface area (Å²) in [5.74, 6) is -1.60. The highest BCUT2D eigenvalue weighted by molar-refractivity contribution is 7.89. The Hall–Kier alpha value is -6.38. The summed E-state index contributed by atoms with van der Waals surface area (Å²) >= 11 is 0. The van der Waals surface area contributed by atoms with Crippen LogP contribution < -0.4 is 11.2 Å². The highest BCUT2D eigenvalue weighted by Gasteiger charge is 2.31. The molecule has 256 valence electrons. The molecule has 0 spiro atoms. The number of anilines is 1. The number of carbonyl (C=O) groups is 2. The number of hydrogen-bond acceptors (Lipinski definition) is 10. The molecule has 1 saturated heterocycles. The molecule has 4 aromatic carbocycles. The van der Waals surface area contributed by atoms with Crippen molar-refractivity contribution in [1.82, 2.24) is 9.21 Å². The number of aromatic hydroxyl groups is 1. The quantitative estimate of drug-likeness (QED) is 0.0998. The summed E-state index contributed by atoms with van der Waals surface area (Å²) in [6.07, 6.45) is 0. The lowest BCUT2D eigenvalue weighted by Gasteiger charge is -2.34. The van der Waals surface area contributed by atoms with Crippen LogP contribution in [-0.4, -0.2) is 65.9 Å². The second-order valence-electron chi connectivity index (χ2n) is 11.9. The first-order chi connectivity index (χ1) is 24.5. The maximum Gasteiger partial charge on any atom is 0.336 e. The summed E-state index contributed by atoms with van der Waals surface area (Å²) in [7, 11) is -3.87. The third-order valence-electron chi connectivity index (χ3n) is 8.62. The minimum absolute atomic E-state index is 0.0383. The Morgan fingerprint density at radius 1 is 0.765 bits per heavy atom. The highest BCUT2D eigenvalue weighted by Crippen LogP contribution is 2.42. The molecule has 13 nitrogen and oxygen atoms in total. The monoisotopic (exact) mass is 703 g/mol. The Morgan fingerprint density at radius 2 is 1.41 bits per heavy atom. The van der Waals surface area contributed by atoms with E-state index in [9.17, 15) is 33.0 Å². The molecular formula is C37H29N5O8S. The van der Waals surface area contributed by atoms with Crippen molar-refractivity contribution in [2.75, 3.05) is 31.9 Å². The van der Waals surface area contributed by atoms with Crippen LogP contribution in [0.3, 0.4) is 0 Å². The fourth-order valence-corrected chi connectivity index (χ4v) is 7.45. The molecule has 0 aromatic heterocycles. The zero-order valence-electron chi connectivity index (χ0n) is 26.8. The first-order valence-corrected chi connectivity index (χ1v) is 17.2. The van der Waals surface area contributed by atoms with Gasteiger partial charge in [0.25, 0.3) is 5.91 Å². The minimum atomic E-state index is -3.87. The molecule has 4 aromatic rings. The molecule has 2 aliphatic heterocycles. The van der Waals surface area contributed by atoms with E-state index >= 15 is 0 Å². The van der Waals surface area contributed by atoms with Crippen LogP contribution in [0.4, 0.5) is 17.1 Å². The van der Waals surface area contributed by atoms with Crippen molar-refractivity contribution < 1.29 is 32.6 Å². The van der Waals surface area contributed by atoms with Gasteiger partial charge in [0.2, 0.25) is 10.0 Å². The Labute approximate surface area is 290 Å². The number of sulfonamides is 1. The van der Waals surface area contributed by atoms with Gasteiger partial charge in [-0.15, -0.1) is 0 Å². The van der Waals surface area contributed by atoms with Crippen molar-refractivity contribution in [2.45, 2.75) is 4.90 Å². The van der Waals surface area contributed by atoms with Gasteiger partial charge in [0.1, 0.15) is 17.1 Å². The summed E-state index contributed by atoms with van der Waals surface area (Å²) in [5.41, 5.74) is 8.45. The van der Waals surface area contributed by atoms with Gasteiger partial charge in [0.05, 0.1) is 21.8 Å². The van der Waals surface area contributed by atoms with Crippen LogP contribution in [0, 0.1) is 0 Å². The number of phenolic OH excluding ortho intramolecular Hbond substituents is 1. The predicted octanol–water partition coefficient (Wildman–Crippen LogP) is 6.11. The number of hydrogen-bond donors (Lipinski definition) is 3. The number of phenols is 1. The molecule has 1 fully saturated rings. The smallest absolute Gasteiger partial charge is 0.336 e. The van der Waals surface area contributed by atoms with Crippen LogP contribution >= 0.6 is 0 Å². The van der Waals surface area contributed by atoms with Crippen LogP contribution in [0.2, 0.25) is 0 Å². The second kappa shape index (κ2) is 13.2. The van der Waals surface area contributed by atoms with Crippen molar-refractivity contribution in [3.63, 3.8) is 0 Å². The van der Waals surface area contributed by atoms with Gasteiger partial charge in [-0.2, -0.15) is 14.5 Å². The van der Waals surface area contributed by atoms with Gasteiger partial charge in [0, 0.05) is 66.1 Å². The van der Waals surface area contributed by atoms with Gasteiger partial charge in [-0.1, -0.05) is 6.07 Å². The maximum atomic E-state index is 13.6. The number of piperazine rings is 1. The molecule has 0 bridgehead atoms. The third-order valence-corrected chi connectivity index (χ3v) is 10.5. The van der Waals surface area contributed by atoms with E-state index in [1.807, 2.05) is 0 Å². The number of carboxylic acid groups (broad SMARTS) is 1. The van der Waals surface area contributed by atoms with E-state index in [1.54, 1.807) is 48.5 Å². The fourth-order valence-electron chi connectivity index (χ4n) is 6.03. The standard InChI is InChI=1S/C37H29N5O8S/c38-23-2-4-24(5-3-23)39-40-25-6-10-28(11-7-25)51(48,49)42-17-15-41(16-18-42)36(45)22-1-12-29(32(19-22)37(46)47)35-30-13-8-26(43)20-33(30)50-34-21-27(44)9-14-31(34)35/h1-14,19-21,43H,15-18,38H2,(H,46,47). The Bertz CT molecular complexity index is 2490. The number of carbonyl (C=O) groups excluding carboxylic acids is 1. The molecule has 0 atom stereocenters. The number of fused-ring (bicyclic) bond motifs is 2. The summed E-state index contributed by atoms with van der Waals surface area (Å²) in [6.45, 7) is 0.256. The molecule has 1 amide bonds. The fraction of sp³-hybridized carbons (Fsp3) is 0.108. The average Bonchev–Trinajstić information content (AvgIpc) is 3.13. The number of nitrogen functional groups attached to an aromatic ring is 1. The van der Waals surface area contributed by atoms with Crippen LogP contribution in [0.1, 0.15) is 20.7 Å². The summed E-state index contributed by atoms with van der Waals surface area (Å²) < 4.78 is 34.0. The largest absolute Gasteiger partial charge is 0.508 e. The number of amides is 1. The van der Waals surface area contributed by atoms with Crippen LogP contribution in [0.25, 0.3) is 33.4 Å². The van der Waals surface area contributed by atoms with Crippen molar-refractivity contribution in [3.05, 3.63) is 124 Å². The van der Waals surface area contributed by atoms with Gasteiger partial charge in [-0.25, -0.2) is 13.2 Å². The average molecular weight is 704 g/mol. The summed E-state index contributed by atoms with van der Waals surface area (Å²) in [4.78, 5) is 39.9. The highest BCUT2D eigenvalue weighted by atomic mass is 32.2. The van der Waals surface area contributed by atoms with Crippen molar-refractivity contribution in [2.24, 2.45) is 10.2 Å². The Morgan fingerprint density at radius 3 is 2.08 bits per heavy atom. The number of rotatable bonds is 7. The Kier molecular flexibility index (Phi) is 8.54. The number of nitrogens with two attached hydrogens (primary N) is 1. The topological polar surface area (TPSA) is 196 Å². The van der Waals surface area contributed by atoms with Gasteiger partial charge in [-0.3, -0.25) is 9.59 Å². The number of aromatic carboxylic acids is 1. The molecule has 3 aliphatic rings. The van der Waals surface area contributed by atoms with Gasteiger partial charge >= 0.3 is 5.97 Å². The molecule has 0 radical (unpaired) electrons. The first-order valence-electron chi connectivity index (χ1n) is 15.7. The lowest BCUT2D eigenvalue weighted by Crippen LogP contribution is -2.50. The molecule has 7 rings (SSSR count). The van der Waals surface area contributed by atoms with E-state index in [0.29, 0.717) is 33.6 Å². The minimum Gasteiger partial charge on any atom is -0.508 e. The molecular weight excluding hydrogens is 675 g/mol. The maximum absolute atomic E-state index is 13.6. The predicted molar refractivity (Wildman–Crippen MR) is 189 cm³/mol. The zero-order valence-corrected chi connectivity index (χ0v) is 27.6. The van der Waals surface area contributed by atoms with Crippen LogP contribution in [-0.2, 0) is 10.0 Å². The normalized spacial score (nSPS) is 14.0. The molecule has 0 unspecified atom stereocenters. The number of carboxylic acids is 1.